The first kappa shape index (κ1) is 20.6. The summed E-state index contributed by atoms with van der Waals surface area (Å²) in [5, 5.41) is 3.42. The second-order valence-corrected chi connectivity index (χ2v) is 7.64. The number of hydrogen-bond donors (Lipinski definition) is 1. The average molecular weight is 426 g/mol. The highest BCUT2D eigenvalue weighted by atomic mass is 35.5. The van der Waals surface area contributed by atoms with Gasteiger partial charge in [0.2, 0.25) is 0 Å². The Hall–Kier alpha value is -3.69. The van der Waals surface area contributed by atoms with E-state index in [1.54, 1.807) is 42.5 Å². The van der Waals surface area contributed by atoms with Crippen molar-refractivity contribution in [2.24, 2.45) is 0 Å². The van der Waals surface area contributed by atoms with Crippen molar-refractivity contribution in [3.63, 3.8) is 0 Å². The standard InChI is InChI=1S/C27H20ClNO2/c1-18(30)22-8-5-9-24(16-22)29-27(31)23-14-15-26(28)25(17-23)21-12-10-20(11-13-21)19-6-3-2-4-7-19/h2-17H,1H3,(H,29,31). The zero-order valence-electron chi connectivity index (χ0n) is 16.9. The van der Waals surface area contributed by atoms with Gasteiger partial charge >= 0.3 is 0 Å². The highest BCUT2D eigenvalue weighted by Gasteiger charge is 2.12. The zero-order valence-corrected chi connectivity index (χ0v) is 17.7. The largest absolute Gasteiger partial charge is 0.322 e. The molecule has 0 radical (unpaired) electrons. The van der Waals surface area contributed by atoms with Crippen molar-refractivity contribution in [2.45, 2.75) is 6.92 Å². The molecule has 0 unspecified atom stereocenters. The van der Waals surface area contributed by atoms with E-state index in [0.717, 1.165) is 22.3 Å². The van der Waals surface area contributed by atoms with Crippen LogP contribution in [0.1, 0.15) is 27.6 Å². The lowest BCUT2D eigenvalue weighted by Crippen LogP contribution is -2.12. The Morgan fingerprint density at radius 3 is 2.06 bits per heavy atom. The summed E-state index contributed by atoms with van der Waals surface area (Å²) < 4.78 is 0. The van der Waals surface area contributed by atoms with E-state index in [0.29, 0.717) is 21.8 Å². The molecule has 0 fully saturated rings. The number of benzene rings is 4. The number of hydrogen-bond acceptors (Lipinski definition) is 2. The van der Waals surface area contributed by atoms with Gasteiger partial charge in [0, 0.05) is 27.4 Å². The van der Waals surface area contributed by atoms with E-state index in [4.69, 9.17) is 11.6 Å². The normalized spacial score (nSPS) is 10.5. The SMILES string of the molecule is CC(=O)c1cccc(NC(=O)c2ccc(Cl)c(-c3ccc(-c4ccccc4)cc3)c2)c1. The molecule has 4 aromatic rings. The molecule has 0 atom stereocenters. The first-order valence-corrected chi connectivity index (χ1v) is 10.3. The van der Waals surface area contributed by atoms with Crippen molar-refractivity contribution in [1.82, 2.24) is 0 Å². The summed E-state index contributed by atoms with van der Waals surface area (Å²) in [7, 11) is 0. The molecule has 0 saturated heterocycles. The number of carbonyl (C=O) groups excluding carboxylic acids is 2. The van der Waals surface area contributed by atoms with Crippen molar-refractivity contribution >= 4 is 29.0 Å². The fraction of sp³-hybridized carbons (Fsp3) is 0.0370. The monoisotopic (exact) mass is 425 g/mol. The summed E-state index contributed by atoms with van der Waals surface area (Å²) in [5.74, 6) is -0.316. The minimum atomic E-state index is -0.264. The van der Waals surface area contributed by atoms with Crippen molar-refractivity contribution < 1.29 is 9.59 Å². The Labute approximate surface area is 186 Å². The Bertz CT molecular complexity index is 1250. The van der Waals surface area contributed by atoms with Crippen molar-refractivity contribution in [1.29, 1.82) is 0 Å². The molecule has 0 aromatic heterocycles. The molecule has 0 aliphatic rings. The van der Waals surface area contributed by atoms with E-state index in [1.807, 2.05) is 42.5 Å². The number of rotatable bonds is 5. The van der Waals surface area contributed by atoms with E-state index in [1.165, 1.54) is 6.92 Å². The third kappa shape index (κ3) is 4.73. The second kappa shape index (κ2) is 8.99. The van der Waals surface area contributed by atoms with E-state index in [-0.39, 0.29) is 11.7 Å². The molecule has 0 aliphatic heterocycles. The predicted molar refractivity (Wildman–Crippen MR) is 127 cm³/mol. The molecule has 31 heavy (non-hydrogen) atoms. The van der Waals surface area contributed by atoms with Gasteiger partial charge in [0.25, 0.3) is 5.91 Å². The maximum Gasteiger partial charge on any atom is 0.255 e. The summed E-state index contributed by atoms with van der Waals surface area (Å²) in [6.07, 6.45) is 0. The summed E-state index contributed by atoms with van der Waals surface area (Å²) in [4.78, 5) is 24.4. The van der Waals surface area contributed by atoms with Crippen LogP contribution in [0.2, 0.25) is 5.02 Å². The molecule has 152 valence electrons. The Balaban J connectivity index is 1.59. The Kier molecular flexibility index (Phi) is 5.96. The molecule has 0 heterocycles. The first-order chi connectivity index (χ1) is 15.0. The van der Waals surface area contributed by atoms with Crippen LogP contribution in [0, 0.1) is 0 Å². The van der Waals surface area contributed by atoms with Gasteiger partial charge in [-0.1, -0.05) is 78.3 Å². The Morgan fingerprint density at radius 1 is 0.677 bits per heavy atom. The smallest absolute Gasteiger partial charge is 0.255 e. The van der Waals surface area contributed by atoms with Crippen LogP contribution in [0.5, 0.6) is 0 Å². The summed E-state index contributed by atoms with van der Waals surface area (Å²) in [6.45, 7) is 1.50. The van der Waals surface area contributed by atoms with Crippen molar-refractivity contribution in [3.05, 3.63) is 113 Å². The quantitative estimate of drug-likeness (QED) is 0.346. The zero-order chi connectivity index (χ0) is 21.8. The molecule has 4 rings (SSSR count). The van der Waals surface area contributed by atoms with Crippen LogP contribution in [0.3, 0.4) is 0 Å². The molecular formula is C27H20ClNO2. The van der Waals surface area contributed by atoms with Crippen LogP contribution in [0.4, 0.5) is 5.69 Å². The minimum absolute atomic E-state index is 0.0520. The average Bonchev–Trinajstić information content (AvgIpc) is 2.80. The Morgan fingerprint density at radius 2 is 1.35 bits per heavy atom. The fourth-order valence-electron chi connectivity index (χ4n) is 3.38. The van der Waals surface area contributed by atoms with E-state index in [9.17, 15) is 9.59 Å². The molecule has 0 saturated carbocycles. The van der Waals surface area contributed by atoms with Gasteiger partial charge in [-0.05, 0) is 53.9 Å². The van der Waals surface area contributed by atoms with Crippen LogP contribution in [0.15, 0.2) is 97.1 Å². The van der Waals surface area contributed by atoms with Crippen LogP contribution in [-0.4, -0.2) is 11.7 Å². The number of anilines is 1. The van der Waals surface area contributed by atoms with Crippen LogP contribution < -0.4 is 5.32 Å². The van der Waals surface area contributed by atoms with Gasteiger partial charge in [-0.2, -0.15) is 0 Å². The van der Waals surface area contributed by atoms with Gasteiger partial charge in [-0.3, -0.25) is 9.59 Å². The summed E-state index contributed by atoms with van der Waals surface area (Å²) >= 11 is 6.44. The topological polar surface area (TPSA) is 46.2 Å². The minimum Gasteiger partial charge on any atom is -0.322 e. The van der Waals surface area contributed by atoms with E-state index < -0.39 is 0 Å². The van der Waals surface area contributed by atoms with Crippen molar-refractivity contribution in [3.8, 4) is 22.3 Å². The number of halogens is 1. The number of amides is 1. The predicted octanol–water partition coefficient (Wildman–Crippen LogP) is 7.13. The number of carbonyl (C=O) groups is 2. The molecule has 0 spiro atoms. The van der Waals surface area contributed by atoms with Gasteiger partial charge in [-0.25, -0.2) is 0 Å². The molecular weight excluding hydrogens is 406 g/mol. The first-order valence-electron chi connectivity index (χ1n) is 9.89. The van der Waals surface area contributed by atoms with Gasteiger partial charge < -0.3 is 5.32 Å². The molecule has 4 heteroatoms. The third-order valence-corrected chi connectivity index (χ3v) is 5.39. The second-order valence-electron chi connectivity index (χ2n) is 7.23. The summed E-state index contributed by atoms with van der Waals surface area (Å²) in [6, 6.07) is 30.3. The van der Waals surface area contributed by atoms with Gasteiger partial charge in [0.15, 0.2) is 5.78 Å². The fourth-order valence-corrected chi connectivity index (χ4v) is 3.61. The molecule has 1 N–H and O–H groups in total. The third-order valence-electron chi connectivity index (χ3n) is 5.06. The van der Waals surface area contributed by atoms with E-state index >= 15 is 0 Å². The molecule has 3 nitrogen and oxygen atoms in total. The summed E-state index contributed by atoms with van der Waals surface area (Å²) in [5.41, 5.74) is 5.57. The van der Waals surface area contributed by atoms with Gasteiger partial charge in [0.1, 0.15) is 0 Å². The maximum absolute atomic E-state index is 12.8. The lowest BCUT2D eigenvalue weighted by Gasteiger charge is -2.10. The maximum atomic E-state index is 12.8. The number of nitrogens with one attached hydrogen (secondary N) is 1. The van der Waals surface area contributed by atoms with Crippen LogP contribution in [0.25, 0.3) is 22.3 Å². The molecule has 0 aliphatic carbocycles. The molecule has 1 amide bonds. The molecule has 4 aromatic carbocycles. The lowest BCUT2D eigenvalue weighted by atomic mass is 9.99. The number of Topliss-reactive ketones (excluding diaryl/α,β-unsaturated/α-hetero) is 1. The van der Waals surface area contributed by atoms with Crippen LogP contribution in [-0.2, 0) is 0 Å². The lowest BCUT2D eigenvalue weighted by molar-refractivity contribution is 0.101. The van der Waals surface area contributed by atoms with Gasteiger partial charge in [0.05, 0.1) is 0 Å². The number of ketones is 1. The van der Waals surface area contributed by atoms with Crippen molar-refractivity contribution in [2.75, 3.05) is 5.32 Å². The highest BCUT2D eigenvalue weighted by molar-refractivity contribution is 6.33. The highest BCUT2D eigenvalue weighted by Crippen LogP contribution is 2.31. The van der Waals surface area contributed by atoms with Gasteiger partial charge in [-0.15, -0.1) is 0 Å². The van der Waals surface area contributed by atoms with Crippen LogP contribution >= 0.6 is 11.6 Å². The van der Waals surface area contributed by atoms with E-state index in [2.05, 4.69) is 17.4 Å². The molecule has 0 bridgehead atoms.